The first-order valence-electron chi connectivity index (χ1n) is 6.39. The maximum atomic E-state index is 3.46. The monoisotopic (exact) mass is 248 g/mol. The second-order valence-electron chi connectivity index (χ2n) is 4.61. The first-order valence-corrected chi connectivity index (χ1v) is 6.39. The lowest BCUT2D eigenvalue weighted by Crippen LogP contribution is -2.31. The Bertz CT molecular complexity index is 587. The summed E-state index contributed by atoms with van der Waals surface area (Å²) in [4.78, 5) is 0. The van der Waals surface area contributed by atoms with Crippen LogP contribution >= 0.6 is 0 Å². The van der Waals surface area contributed by atoms with Crippen molar-refractivity contribution >= 4 is 11.3 Å². The van der Waals surface area contributed by atoms with Crippen molar-refractivity contribution in [1.29, 1.82) is 0 Å². The Morgan fingerprint density at radius 2 is 1.42 bits per heavy atom. The summed E-state index contributed by atoms with van der Waals surface area (Å²) < 4.78 is 0. The minimum atomic E-state index is 1.12. The summed E-state index contributed by atoms with van der Waals surface area (Å²) in [5.41, 5.74) is 4.67. The van der Waals surface area contributed by atoms with E-state index >= 15 is 0 Å². The fourth-order valence-electron chi connectivity index (χ4n) is 2.26. The van der Waals surface area contributed by atoms with Crippen LogP contribution in [0.2, 0.25) is 0 Å². The molecule has 2 nitrogen and oxygen atoms in total. The zero-order chi connectivity index (χ0) is 13.2. The summed E-state index contributed by atoms with van der Waals surface area (Å²) >= 11 is 0. The summed E-state index contributed by atoms with van der Waals surface area (Å²) in [7, 11) is 2.06. The third-order valence-corrected chi connectivity index (χ3v) is 3.43. The molecule has 0 saturated heterocycles. The van der Waals surface area contributed by atoms with Gasteiger partial charge in [0, 0.05) is 18.3 Å². The zero-order valence-corrected chi connectivity index (χ0v) is 11.2. The van der Waals surface area contributed by atoms with Gasteiger partial charge in [0.1, 0.15) is 0 Å². The van der Waals surface area contributed by atoms with Gasteiger partial charge in [0.05, 0.1) is 5.69 Å². The Morgan fingerprint density at radius 3 is 2.05 bits per heavy atom. The van der Waals surface area contributed by atoms with E-state index in [1.807, 2.05) is 24.3 Å². The van der Waals surface area contributed by atoms with Gasteiger partial charge in [-0.15, -0.1) is 0 Å². The molecule has 19 heavy (non-hydrogen) atoms. The van der Waals surface area contributed by atoms with E-state index < -0.39 is 0 Å². The Balaban J connectivity index is 1.93. The highest BCUT2D eigenvalue weighted by molar-refractivity contribution is 5.80. The van der Waals surface area contributed by atoms with Crippen molar-refractivity contribution in [3.63, 3.8) is 0 Å². The third-order valence-electron chi connectivity index (χ3n) is 3.43. The smallest absolute Gasteiger partial charge is 0.153 e. The Hall–Kier alpha value is -2.22. The van der Waals surface area contributed by atoms with Crippen LogP contribution in [0.1, 0.15) is 12.5 Å². The van der Waals surface area contributed by atoms with Gasteiger partial charge in [0.2, 0.25) is 0 Å². The summed E-state index contributed by atoms with van der Waals surface area (Å²) in [5, 5.41) is 4.18. The van der Waals surface area contributed by atoms with Crippen LogP contribution in [0.25, 0.3) is 5.57 Å². The minimum absolute atomic E-state index is 1.12. The van der Waals surface area contributed by atoms with E-state index in [1.165, 1.54) is 11.3 Å². The van der Waals surface area contributed by atoms with Gasteiger partial charge >= 0.3 is 0 Å². The fourth-order valence-corrected chi connectivity index (χ4v) is 2.26. The molecule has 3 rings (SSSR count). The largest absolute Gasteiger partial charge is 0.291 e. The van der Waals surface area contributed by atoms with Crippen molar-refractivity contribution in [2.75, 3.05) is 12.1 Å². The fraction of sp³-hybridized carbons (Fsp3) is 0.118. The van der Waals surface area contributed by atoms with E-state index in [1.54, 1.807) is 0 Å². The van der Waals surface area contributed by atoms with E-state index in [0.717, 1.165) is 11.3 Å². The quantitative estimate of drug-likeness (QED) is 0.797. The number of hydrogen-bond acceptors (Lipinski definition) is 2. The molecule has 0 bridgehead atoms. The molecule has 0 aromatic heterocycles. The van der Waals surface area contributed by atoms with Gasteiger partial charge in [0.15, 0.2) is 6.54 Å². The molecule has 0 fully saturated rings. The van der Waals surface area contributed by atoms with Crippen LogP contribution in [0.5, 0.6) is 0 Å². The molecule has 1 aliphatic rings. The number of nitrogens with zero attached hydrogens (tertiary/aromatic N) is 2. The number of anilines is 1. The molecule has 0 spiro atoms. The van der Waals surface area contributed by atoms with E-state index in [0.29, 0.717) is 0 Å². The third kappa shape index (κ3) is 2.10. The number of rotatable bonds is 2. The van der Waals surface area contributed by atoms with Crippen LogP contribution in [0.15, 0.2) is 66.4 Å². The second kappa shape index (κ2) is 4.81. The van der Waals surface area contributed by atoms with Crippen LogP contribution < -0.4 is 5.01 Å². The van der Waals surface area contributed by atoms with Gasteiger partial charge in [-0.05, 0) is 24.6 Å². The molecular weight excluding hydrogens is 232 g/mol. The first kappa shape index (κ1) is 11.8. The number of hydrogen-bond donors (Lipinski definition) is 0. The first-order chi connectivity index (χ1) is 9.27. The number of para-hydroxylation sites is 1. The molecule has 2 heteroatoms. The summed E-state index contributed by atoms with van der Waals surface area (Å²) in [6, 6.07) is 20.7. The average molecular weight is 248 g/mol. The summed E-state index contributed by atoms with van der Waals surface area (Å²) in [6.45, 7) is 5.59. The molecule has 0 amide bonds. The van der Waals surface area contributed by atoms with Crippen molar-refractivity contribution < 1.29 is 0 Å². The molecule has 0 atom stereocenters. The Labute approximate surface area is 114 Å². The lowest BCUT2D eigenvalue weighted by molar-refractivity contribution is 0.436. The van der Waals surface area contributed by atoms with Gasteiger partial charge in [-0.2, -0.15) is 0 Å². The molecule has 0 unspecified atom stereocenters. The zero-order valence-electron chi connectivity index (χ0n) is 11.2. The van der Waals surface area contributed by atoms with Gasteiger partial charge in [-0.1, -0.05) is 48.5 Å². The van der Waals surface area contributed by atoms with Crippen molar-refractivity contribution in [2.45, 2.75) is 6.92 Å². The van der Waals surface area contributed by atoms with Gasteiger partial charge in [-0.3, -0.25) is 10.0 Å². The lowest BCUT2D eigenvalue weighted by Gasteiger charge is -2.28. The van der Waals surface area contributed by atoms with E-state index in [4.69, 9.17) is 0 Å². The number of allylic oxidation sites excluding steroid dienone is 1. The molecule has 0 aliphatic carbocycles. The van der Waals surface area contributed by atoms with Crippen molar-refractivity contribution in [3.05, 3.63) is 78.5 Å². The van der Waals surface area contributed by atoms with Crippen molar-refractivity contribution in [2.24, 2.45) is 0 Å². The number of hydrazine groups is 1. The number of benzene rings is 2. The van der Waals surface area contributed by atoms with E-state index in [9.17, 15) is 0 Å². The maximum Gasteiger partial charge on any atom is 0.153 e. The molecule has 0 N–H and O–H groups in total. The minimum Gasteiger partial charge on any atom is -0.291 e. The van der Waals surface area contributed by atoms with Gasteiger partial charge < -0.3 is 0 Å². The van der Waals surface area contributed by atoms with E-state index in [-0.39, 0.29) is 0 Å². The van der Waals surface area contributed by atoms with Crippen LogP contribution in [-0.2, 0) is 0 Å². The standard InChI is InChI=1S/C17H16N2/c1-14-17(15-9-5-3-6-10-15)13-19(18(14)2)16-11-7-4-8-12-16/h3-12H,1-2H3. The SMILES string of the molecule is CC1=C(c2ccccc2)[C]N(c2ccccc2)N1C. The molecule has 2 aromatic carbocycles. The van der Waals surface area contributed by atoms with Gasteiger partial charge in [0.25, 0.3) is 0 Å². The molecule has 1 aliphatic heterocycles. The Kier molecular flexibility index (Phi) is 3.00. The van der Waals surface area contributed by atoms with Crippen molar-refractivity contribution in [1.82, 2.24) is 5.01 Å². The van der Waals surface area contributed by atoms with E-state index in [2.05, 4.69) is 66.9 Å². The predicted molar refractivity (Wildman–Crippen MR) is 79.0 cm³/mol. The molecule has 2 aromatic rings. The normalized spacial score (nSPS) is 15.3. The highest BCUT2D eigenvalue weighted by Crippen LogP contribution is 2.35. The van der Waals surface area contributed by atoms with Crippen LogP contribution in [-0.4, -0.2) is 12.1 Å². The van der Waals surface area contributed by atoms with Crippen LogP contribution in [0.4, 0.5) is 5.69 Å². The summed E-state index contributed by atoms with van der Waals surface area (Å²) in [5.74, 6) is 0. The molecule has 0 saturated carbocycles. The molecular formula is C17H16N2. The highest BCUT2D eigenvalue weighted by atomic mass is 15.6. The van der Waals surface area contributed by atoms with Gasteiger partial charge in [-0.25, -0.2) is 0 Å². The molecule has 94 valence electrons. The van der Waals surface area contributed by atoms with Crippen LogP contribution in [0, 0.1) is 6.54 Å². The molecule has 1 heterocycles. The lowest BCUT2D eigenvalue weighted by atomic mass is 10.1. The van der Waals surface area contributed by atoms with Crippen LogP contribution in [0.3, 0.4) is 0 Å². The maximum absolute atomic E-state index is 3.46. The topological polar surface area (TPSA) is 6.48 Å². The highest BCUT2D eigenvalue weighted by Gasteiger charge is 2.26. The summed E-state index contributed by atoms with van der Waals surface area (Å²) in [6.07, 6.45) is 0. The second-order valence-corrected chi connectivity index (χ2v) is 4.61. The Morgan fingerprint density at radius 1 is 0.842 bits per heavy atom. The predicted octanol–water partition coefficient (Wildman–Crippen LogP) is 3.82. The average Bonchev–Trinajstić information content (AvgIpc) is 2.77. The molecule has 2 radical (unpaired) electrons. The van der Waals surface area contributed by atoms with Crippen molar-refractivity contribution in [3.8, 4) is 0 Å².